The second-order valence-corrected chi connectivity index (χ2v) is 2.98. The van der Waals surface area contributed by atoms with Crippen LogP contribution in [0.4, 0.5) is 5.95 Å². The molecule has 0 fully saturated rings. The number of anilines is 1. The van der Waals surface area contributed by atoms with Crippen molar-refractivity contribution in [2.45, 2.75) is 26.9 Å². The monoisotopic (exact) mass is 182 g/mol. The van der Waals surface area contributed by atoms with Crippen LogP contribution in [0.15, 0.2) is 6.07 Å². The van der Waals surface area contributed by atoms with Crippen molar-refractivity contribution in [3.8, 4) is 5.88 Å². The van der Waals surface area contributed by atoms with Crippen LogP contribution < -0.4 is 16.0 Å². The molecule has 13 heavy (non-hydrogen) atoms. The molecule has 1 aromatic rings. The van der Waals surface area contributed by atoms with Gasteiger partial charge in [-0.25, -0.2) is 10.8 Å². The Balaban J connectivity index is 2.88. The van der Waals surface area contributed by atoms with Gasteiger partial charge in [0.25, 0.3) is 0 Å². The zero-order valence-electron chi connectivity index (χ0n) is 8.03. The molecule has 0 amide bonds. The predicted octanol–water partition coefficient (Wildman–Crippen LogP) is 0.858. The van der Waals surface area contributed by atoms with Gasteiger partial charge in [0.05, 0.1) is 6.10 Å². The van der Waals surface area contributed by atoms with Gasteiger partial charge in [-0.05, 0) is 20.8 Å². The van der Waals surface area contributed by atoms with Crippen LogP contribution >= 0.6 is 0 Å². The Morgan fingerprint density at radius 1 is 1.46 bits per heavy atom. The molecule has 5 nitrogen and oxygen atoms in total. The second kappa shape index (κ2) is 4.04. The second-order valence-electron chi connectivity index (χ2n) is 2.98. The van der Waals surface area contributed by atoms with Crippen LogP contribution in [-0.2, 0) is 0 Å². The quantitative estimate of drug-likeness (QED) is 0.535. The summed E-state index contributed by atoms with van der Waals surface area (Å²) in [4.78, 5) is 8.06. The maximum absolute atomic E-state index is 5.39. The van der Waals surface area contributed by atoms with Crippen molar-refractivity contribution < 1.29 is 4.74 Å². The van der Waals surface area contributed by atoms with Crippen LogP contribution in [0.1, 0.15) is 19.5 Å². The molecule has 0 saturated heterocycles. The number of aryl methyl sites for hydroxylation is 1. The Hall–Kier alpha value is -1.36. The first-order chi connectivity index (χ1) is 6.11. The van der Waals surface area contributed by atoms with Crippen LogP contribution in [0, 0.1) is 6.92 Å². The fraction of sp³-hybridized carbons (Fsp3) is 0.500. The van der Waals surface area contributed by atoms with Crippen molar-refractivity contribution >= 4 is 5.95 Å². The highest BCUT2D eigenvalue weighted by Crippen LogP contribution is 2.12. The van der Waals surface area contributed by atoms with Gasteiger partial charge in [0.1, 0.15) is 0 Å². The Morgan fingerprint density at radius 2 is 2.15 bits per heavy atom. The molecule has 3 N–H and O–H groups in total. The molecule has 72 valence electrons. The summed E-state index contributed by atoms with van der Waals surface area (Å²) >= 11 is 0. The van der Waals surface area contributed by atoms with E-state index in [1.54, 1.807) is 6.07 Å². The largest absolute Gasteiger partial charge is 0.475 e. The number of nitrogens with two attached hydrogens (primary N) is 1. The van der Waals surface area contributed by atoms with Gasteiger partial charge in [0, 0.05) is 11.8 Å². The first-order valence-electron chi connectivity index (χ1n) is 4.10. The smallest absolute Gasteiger partial charge is 0.240 e. The van der Waals surface area contributed by atoms with Crippen molar-refractivity contribution in [1.29, 1.82) is 0 Å². The van der Waals surface area contributed by atoms with E-state index in [1.165, 1.54) is 0 Å². The fourth-order valence-corrected chi connectivity index (χ4v) is 0.906. The third kappa shape index (κ3) is 2.87. The van der Waals surface area contributed by atoms with Crippen molar-refractivity contribution in [3.05, 3.63) is 11.8 Å². The normalized spacial score (nSPS) is 10.2. The average Bonchev–Trinajstić information content (AvgIpc) is 2.01. The summed E-state index contributed by atoms with van der Waals surface area (Å²) in [7, 11) is 0. The Morgan fingerprint density at radius 3 is 2.69 bits per heavy atom. The third-order valence-electron chi connectivity index (χ3n) is 1.32. The fourth-order valence-electron chi connectivity index (χ4n) is 0.906. The molecule has 0 aliphatic carbocycles. The van der Waals surface area contributed by atoms with Gasteiger partial charge in [-0.15, -0.1) is 0 Å². The SMILES string of the molecule is Cc1cc(OC(C)C)nc(NN)n1. The van der Waals surface area contributed by atoms with Crippen molar-refractivity contribution in [3.63, 3.8) is 0 Å². The molecule has 0 saturated carbocycles. The van der Waals surface area contributed by atoms with Gasteiger partial charge in [-0.1, -0.05) is 0 Å². The van der Waals surface area contributed by atoms with E-state index in [1.807, 2.05) is 20.8 Å². The van der Waals surface area contributed by atoms with E-state index in [-0.39, 0.29) is 6.10 Å². The molecule has 5 heteroatoms. The average molecular weight is 182 g/mol. The highest BCUT2D eigenvalue weighted by Gasteiger charge is 2.03. The third-order valence-corrected chi connectivity index (χ3v) is 1.32. The van der Waals surface area contributed by atoms with Crippen LogP contribution in [0.3, 0.4) is 0 Å². The van der Waals surface area contributed by atoms with E-state index < -0.39 is 0 Å². The summed E-state index contributed by atoms with van der Waals surface area (Å²) in [5.74, 6) is 6.10. The number of hydrogen-bond acceptors (Lipinski definition) is 5. The summed E-state index contributed by atoms with van der Waals surface area (Å²) in [5, 5.41) is 0. The van der Waals surface area contributed by atoms with Crippen LogP contribution in [0.25, 0.3) is 0 Å². The predicted molar refractivity (Wildman–Crippen MR) is 50.3 cm³/mol. The van der Waals surface area contributed by atoms with Crippen molar-refractivity contribution in [1.82, 2.24) is 9.97 Å². The number of aromatic nitrogens is 2. The maximum Gasteiger partial charge on any atom is 0.240 e. The van der Waals surface area contributed by atoms with E-state index in [0.717, 1.165) is 5.69 Å². The Kier molecular flexibility index (Phi) is 3.02. The highest BCUT2D eigenvalue weighted by atomic mass is 16.5. The standard InChI is InChI=1S/C8H14N4O/c1-5(2)13-7-4-6(3)10-8(11-7)12-9/h4-5H,9H2,1-3H3,(H,10,11,12). The van der Waals surface area contributed by atoms with Crippen LogP contribution in [-0.4, -0.2) is 16.1 Å². The zero-order chi connectivity index (χ0) is 9.84. The molecular formula is C8H14N4O. The highest BCUT2D eigenvalue weighted by molar-refractivity contribution is 5.28. The van der Waals surface area contributed by atoms with Gasteiger partial charge < -0.3 is 4.74 Å². The number of hydrogen-bond donors (Lipinski definition) is 2. The first-order valence-corrected chi connectivity index (χ1v) is 4.10. The van der Waals surface area contributed by atoms with Gasteiger partial charge >= 0.3 is 0 Å². The maximum atomic E-state index is 5.39. The molecule has 0 unspecified atom stereocenters. The van der Waals surface area contributed by atoms with Crippen molar-refractivity contribution in [2.24, 2.45) is 5.84 Å². The molecule has 1 rings (SSSR count). The minimum absolute atomic E-state index is 0.0972. The topological polar surface area (TPSA) is 73.1 Å². The lowest BCUT2D eigenvalue weighted by Gasteiger charge is -2.09. The van der Waals surface area contributed by atoms with Gasteiger partial charge in [-0.3, -0.25) is 5.43 Å². The molecule has 0 aliphatic rings. The summed E-state index contributed by atoms with van der Waals surface area (Å²) in [6.07, 6.45) is 0.0972. The minimum atomic E-state index is 0.0972. The van der Waals surface area contributed by atoms with E-state index in [9.17, 15) is 0 Å². The molecule has 1 heterocycles. The van der Waals surface area contributed by atoms with Crippen LogP contribution in [0.5, 0.6) is 5.88 Å². The van der Waals surface area contributed by atoms with E-state index in [0.29, 0.717) is 11.8 Å². The molecule has 0 aliphatic heterocycles. The Labute approximate surface area is 77.3 Å². The molecule has 1 aromatic heterocycles. The van der Waals surface area contributed by atoms with E-state index in [4.69, 9.17) is 10.6 Å². The summed E-state index contributed by atoms with van der Waals surface area (Å²) < 4.78 is 5.39. The number of ether oxygens (including phenoxy) is 1. The van der Waals surface area contributed by atoms with Gasteiger partial charge in [0.15, 0.2) is 0 Å². The molecule has 0 bridgehead atoms. The molecule has 0 spiro atoms. The zero-order valence-corrected chi connectivity index (χ0v) is 8.03. The summed E-state index contributed by atoms with van der Waals surface area (Å²) in [5.41, 5.74) is 3.20. The van der Waals surface area contributed by atoms with Crippen molar-refractivity contribution in [2.75, 3.05) is 5.43 Å². The lowest BCUT2D eigenvalue weighted by molar-refractivity contribution is 0.232. The van der Waals surface area contributed by atoms with Gasteiger partial charge in [-0.2, -0.15) is 4.98 Å². The number of nitrogen functional groups attached to an aromatic ring is 1. The summed E-state index contributed by atoms with van der Waals surface area (Å²) in [6.45, 7) is 5.73. The van der Waals surface area contributed by atoms with Crippen LogP contribution in [0.2, 0.25) is 0 Å². The molecule has 0 aromatic carbocycles. The molecular weight excluding hydrogens is 168 g/mol. The number of nitrogens with one attached hydrogen (secondary N) is 1. The lowest BCUT2D eigenvalue weighted by atomic mass is 10.4. The van der Waals surface area contributed by atoms with E-state index in [2.05, 4.69) is 15.4 Å². The first kappa shape index (κ1) is 9.73. The molecule has 0 atom stereocenters. The number of nitrogens with zero attached hydrogens (tertiary/aromatic N) is 2. The lowest BCUT2D eigenvalue weighted by Crippen LogP contribution is -2.13. The van der Waals surface area contributed by atoms with Gasteiger partial charge in [0.2, 0.25) is 11.8 Å². The Bertz CT molecular complexity index is 287. The molecule has 0 radical (unpaired) electrons. The minimum Gasteiger partial charge on any atom is -0.475 e. The summed E-state index contributed by atoms with van der Waals surface area (Å²) in [6, 6.07) is 1.76. The number of rotatable bonds is 3. The van der Waals surface area contributed by atoms with E-state index >= 15 is 0 Å². The number of hydrazine groups is 1.